The van der Waals surface area contributed by atoms with E-state index in [1.54, 1.807) is 43.6 Å². The van der Waals surface area contributed by atoms with Crippen LogP contribution in [0.15, 0.2) is 73.1 Å². The molecule has 2 aromatic carbocycles. The summed E-state index contributed by atoms with van der Waals surface area (Å²) < 4.78 is 1.85. The zero-order chi connectivity index (χ0) is 19.8. The van der Waals surface area contributed by atoms with Gasteiger partial charge < -0.3 is 10.6 Å². The fourth-order valence-corrected chi connectivity index (χ4v) is 2.76. The highest BCUT2D eigenvalue weighted by Gasteiger charge is 2.05. The van der Waals surface area contributed by atoms with E-state index in [0.717, 1.165) is 16.7 Å². The summed E-state index contributed by atoms with van der Waals surface area (Å²) in [6.07, 6.45) is 6.87. The number of carbonyl (C=O) groups excluding carboxylic acids is 2. The molecule has 28 heavy (non-hydrogen) atoms. The van der Waals surface area contributed by atoms with Gasteiger partial charge in [0, 0.05) is 37.6 Å². The Kier molecular flexibility index (Phi) is 6.36. The van der Waals surface area contributed by atoms with Crippen molar-refractivity contribution in [2.45, 2.75) is 13.1 Å². The lowest BCUT2D eigenvalue weighted by molar-refractivity contribution is -0.116. The SMILES string of the molecule is CNC(=O)c1ccc(/C=C/C(=O)NCc2ccccc2Cn2cccn2)cc1. The van der Waals surface area contributed by atoms with Crippen LogP contribution in [0.1, 0.15) is 27.0 Å². The van der Waals surface area contributed by atoms with E-state index in [2.05, 4.69) is 15.7 Å². The van der Waals surface area contributed by atoms with Crippen LogP contribution in [-0.4, -0.2) is 28.6 Å². The molecule has 0 aliphatic carbocycles. The molecule has 3 rings (SSSR count). The molecule has 6 heteroatoms. The van der Waals surface area contributed by atoms with E-state index in [1.807, 2.05) is 41.2 Å². The molecule has 3 aromatic rings. The highest BCUT2D eigenvalue weighted by atomic mass is 16.2. The molecule has 1 aromatic heterocycles. The van der Waals surface area contributed by atoms with Crippen molar-refractivity contribution >= 4 is 17.9 Å². The van der Waals surface area contributed by atoms with Crippen LogP contribution in [-0.2, 0) is 17.9 Å². The number of hydrogen-bond acceptors (Lipinski definition) is 3. The van der Waals surface area contributed by atoms with Crippen molar-refractivity contribution in [2.24, 2.45) is 0 Å². The molecular weight excluding hydrogens is 352 g/mol. The summed E-state index contributed by atoms with van der Waals surface area (Å²) in [6.45, 7) is 1.10. The summed E-state index contributed by atoms with van der Waals surface area (Å²) in [6, 6.07) is 16.9. The van der Waals surface area contributed by atoms with E-state index in [4.69, 9.17) is 0 Å². The zero-order valence-electron chi connectivity index (χ0n) is 15.6. The predicted molar refractivity (Wildman–Crippen MR) is 108 cm³/mol. The molecule has 2 N–H and O–H groups in total. The topological polar surface area (TPSA) is 76.0 Å². The van der Waals surface area contributed by atoms with Gasteiger partial charge in [0.1, 0.15) is 0 Å². The Morgan fingerprint density at radius 3 is 2.46 bits per heavy atom. The van der Waals surface area contributed by atoms with Gasteiger partial charge in [-0.1, -0.05) is 36.4 Å². The number of hydrogen-bond donors (Lipinski definition) is 2. The average molecular weight is 374 g/mol. The summed E-state index contributed by atoms with van der Waals surface area (Å²) in [5.41, 5.74) is 3.59. The standard InChI is InChI=1S/C22H22N4O2/c1-23-22(28)18-10-7-17(8-11-18)9-12-21(27)24-15-19-5-2-3-6-20(19)16-26-14-4-13-25-26/h2-14H,15-16H2,1H3,(H,23,28)(H,24,27)/b12-9+. The lowest BCUT2D eigenvalue weighted by Crippen LogP contribution is -2.21. The maximum atomic E-state index is 12.2. The fourth-order valence-electron chi connectivity index (χ4n) is 2.76. The van der Waals surface area contributed by atoms with E-state index in [9.17, 15) is 9.59 Å². The number of carbonyl (C=O) groups is 2. The number of aromatic nitrogens is 2. The van der Waals surface area contributed by atoms with Crippen molar-refractivity contribution in [2.75, 3.05) is 7.05 Å². The first-order valence-corrected chi connectivity index (χ1v) is 8.98. The molecule has 0 radical (unpaired) electrons. The second-order valence-electron chi connectivity index (χ2n) is 6.22. The van der Waals surface area contributed by atoms with Crippen LogP contribution in [0.2, 0.25) is 0 Å². The smallest absolute Gasteiger partial charge is 0.251 e. The van der Waals surface area contributed by atoms with Crippen molar-refractivity contribution in [1.29, 1.82) is 0 Å². The number of benzene rings is 2. The van der Waals surface area contributed by atoms with Crippen LogP contribution in [0.3, 0.4) is 0 Å². The number of rotatable bonds is 7. The number of nitrogens with one attached hydrogen (secondary N) is 2. The van der Waals surface area contributed by atoms with E-state index >= 15 is 0 Å². The molecule has 0 bridgehead atoms. The molecular formula is C22H22N4O2. The lowest BCUT2D eigenvalue weighted by atomic mass is 10.1. The van der Waals surface area contributed by atoms with E-state index in [0.29, 0.717) is 18.7 Å². The van der Waals surface area contributed by atoms with Gasteiger partial charge in [-0.05, 0) is 41.0 Å². The third-order valence-corrected chi connectivity index (χ3v) is 4.29. The Morgan fingerprint density at radius 2 is 1.79 bits per heavy atom. The fraction of sp³-hybridized carbons (Fsp3) is 0.136. The molecule has 2 amide bonds. The molecule has 0 spiro atoms. The molecule has 0 atom stereocenters. The third kappa shape index (κ3) is 5.17. The first-order chi connectivity index (χ1) is 13.7. The average Bonchev–Trinajstić information content (AvgIpc) is 3.24. The number of amides is 2. The largest absolute Gasteiger partial charge is 0.355 e. The van der Waals surface area contributed by atoms with Crippen molar-refractivity contribution in [3.05, 3.63) is 95.3 Å². The van der Waals surface area contributed by atoms with Crippen LogP contribution < -0.4 is 10.6 Å². The summed E-state index contributed by atoms with van der Waals surface area (Å²) >= 11 is 0. The molecule has 0 saturated carbocycles. The lowest BCUT2D eigenvalue weighted by Gasteiger charge is -2.10. The molecule has 0 aliphatic rings. The van der Waals surface area contributed by atoms with Crippen LogP contribution in [0.5, 0.6) is 0 Å². The van der Waals surface area contributed by atoms with Crippen LogP contribution in [0.25, 0.3) is 6.08 Å². The molecule has 0 fully saturated rings. The minimum atomic E-state index is -0.177. The van der Waals surface area contributed by atoms with Gasteiger partial charge in [0.15, 0.2) is 0 Å². The van der Waals surface area contributed by atoms with Crippen LogP contribution in [0.4, 0.5) is 0 Å². The highest BCUT2D eigenvalue weighted by Crippen LogP contribution is 2.10. The van der Waals surface area contributed by atoms with Gasteiger partial charge in [-0.15, -0.1) is 0 Å². The molecule has 6 nitrogen and oxygen atoms in total. The van der Waals surface area contributed by atoms with Gasteiger partial charge in [-0.3, -0.25) is 14.3 Å². The van der Waals surface area contributed by atoms with E-state index < -0.39 is 0 Å². The van der Waals surface area contributed by atoms with Crippen molar-refractivity contribution in [3.63, 3.8) is 0 Å². The Hall–Kier alpha value is -3.67. The summed E-state index contributed by atoms with van der Waals surface area (Å²) in [7, 11) is 1.59. The van der Waals surface area contributed by atoms with E-state index in [1.165, 1.54) is 6.08 Å². The predicted octanol–water partition coefficient (Wildman–Crippen LogP) is 2.62. The molecule has 0 unspecified atom stereocenters. The second-order valence-corrected chi connectivity index (χ2v) is 6.22. The van der Waals surface area contributed by atoms with Gasteiger partial charge in [0.05, 0.1) is 6.54 Å². The Morgan fingerprint density at radius 1 is 1.04 bits per heavy atom. The zero-order valence-corrected chi connectivity index (χ0v) is 15.6. The minimum Gasteiger partial charge on any atom is -0.355 e. The van der Waals surface area contributed by atoms with Gasteiger partial charge in [0.25, 0.3) is 5.91 Å². The Balaban J connectivity index is 1.57. The van der Waals surface area contributed by atoms with Crippen LogP contribution in [0, 0.1) is 0 Å². The maximum absolute atomic E-state index is 12.2. The van der Waals surface area contributed by atoms with Gasteiger partial charge in [-0.25, -0.2) is 0 Å². The summed E-state index contributed by atoms with van der Waals surface area (Å²) in [5.74, 6) is -0.314. The third-order valence-electron chi connectivity index (χ3n) is 4.29. The van der Waals surface area contributed by atoms with Gasteiger partial charge in [-0.2, -0.15) is 5.10 Å². The molecule has 0 aliphatic heterocycles. The highest BCUT2D eigenvalue weighted by molar-refractivity contribution is 5.94. The van der Waals surface area contributed by atoms with Crippen molar-refractivity contribution < 1.29 is 9.59 Å². The molecule has 0 saturated heterocycles. The summed E-state index contributed by atoms with van der Waals surface area (Å²) in [4.78, 5) is 23.7. The quantitative estimate of drug-likeness (QED) is 0.624. The number of nitrogens with zero attached hydrogens (tertiary/aromatic N) is 2. The normalized spacial score (nSPS) is 10.8. The van der Waals surface area contributed by atoms with E-state index in [-0.39, 0.29) is 11.8 Å². The summed E-state index contributed by atoms with van der Waals surface area (Å²) in [5, 5.41) is 9.71. The Labute approximate surface area is 163 Å². The second kappa shape index (κ2) is 9.32. The Bertz CT molecular complexity index is 960. The molecule has 1 heterocycles. The monoisotopic (exact) mass is 374 g/mol. The minimum absolute atomic E-state index is 0.137. The maximum Gasteiger partial charge on any atom is 0.251 e. The molecule has 142 valence electrons. The van der Waals surface area contributed by atoms with Crippen LogP contribution >= 0.6 is 0 Å². The first kappa shape index (κ1) is 19.1. The first-order valence-electron chi connectivity index (χ1n) is 8.98. The van der Waals surface area contributed by atoms with Crippen molar-refractivity contribution in [1.82, 2.24) is 20.4 Å². The van der Waals surface area contributed by atoms with Gasteiger partial charge in [0.2, 0.25) is 5.91 Å². The van der Waals surface area contributed by atoms with Gasteiger partial charge >= 0.3 is 0 Å². The van der Waals surface area contributed by atoms with Crippen molar-refractivity contribution in [3.8, 4) is 0 Å².